The molecule has 0 saturated carbocycles. The molecule has 0 radical (unpaired) electrons. The summed E-state index contributed by atoms with van der Waals surface area (Å²) in [6.45, 7) is 1.82. The summed E-state index contributed by atoms with van der Waals surface area (Å²) >= 11 is 0. The Bertz CT molecular complexity index is 420. The van der Waals surface area contributed by atoms with Gasteiger partial charge in [0.15, 0.2) is 0 Å². The Kier molecular flexibility index (Phi) is 4.20. The van der Waals surface area contributed by atoms with Crippen LogP contribution in [0.4, 0.5) is 0 Å². The number of carbonyl (C=O) groups is 1. The smallest absolute Gasteiger partial charge is 0.255 e. The third-order valence-corrected chi connectivity index (χ3v) is 3.52. The van der Waals surface area contributed by atoms with E-state index in [-0.39, 0.29) is 5.91 Å². The number of rotatable bonds is 4. The standard InChI is InChI=1S/C14H20N2O2/c1-16-9-5-6-11(16)10-15-14(17)12-7-3-4-8-13(12)18-2/h3-4,7-8,11H,5-6,9-10H2,1-2H3,(H,15,17). The maximum atomic E-state index is 12.1. The monoisotopic (exact) mass is 248 g/mol. The number of likely N-dealkylation sites (tertiary alicyclic amines) is 1. The summed E-state index contributed by atoms with van der Waals surface area (Å²) in [6.07, 6.45) is 2.37. The van der Waals surface area contributed by atoms with E-state index in [1.54, 1.807) is 19.2 Å². The third-order valence-electron chi connectivity index (χ3n) is 3.52. The van der Waals surface area contributed by atoms with Gasteiger partial charge >= 0.3 is 0 Å². The van der Waals surface area contributed by atoms with E-state index in [1.807, 2.05) is 12.1 Å². The highest BCUT2D eigenvalue weighted by Gasteiger charge is 2.21. The molecule has 1 amide bonds. The van der Waals surface area contributed by atoms with E-state index in [4.69, 9.17) is 4.74 Å². The van der Waals surface area contributed by atoms with E-state index in [0.29, 0.717) is 23.9 Å². The normalized spacial score (nSPS) is 19.8. The molecule has 1 aromatic rings. The van der Waals surface area contributed by atoms with E-state index >= 15 is 0 Å². The summed E-state index contributed by atoms with van der Waals surface area (Å²) in [7, 11) is 3.68. The molecule has 1 N–H and O–H groups in total. The molecule has 0 bridgehead atoms. The van der Waals surface area contributed by atoms with E-state index < -0.39 is 0 Å². The molecule has 1 unspecified atom stereocenters. The van der Waals surface area contributed by atoms with E-state index in [2.05, 4.69) is 17.3 Å². The summed E-state index contributed by atoms with van der Waals surface area (Å²) in [5.41, 5.74) is 0.598. The van der Waals surface area contributed by atoms with Gasteiger partial charge in [-0.15, -0.1) is 0 Å². The highest BCUT2D eigenvalue weighted by Crippen LogP contribution is 2.18. The molecule has 1 aromatic carbocycles. The van der Waals surface area contributed by atoms with Crippen LogP contribution in [0.2, 0.25) is 0 Å². The SMILES string of the molecule is COc1ccccc1C(=O)NCC1CCCN1C. The van der Waals surface area contributed by atoms with Gasteiger partial charge in [0, 0.05) is 12.6 Å². The molecular formula is C14H20N2O2. The summed E-state index contributed by atoms with van der Waals surface area (Å²) in [6, 6.07) is 7.76. The van der Waals surface area contributed by atoms with Gasteiger partial charge in [0.1, 0.15) is 5.75 Å². The molecule has 0 aromatic heterocycles. The Morgan fingerprint density at radius 2 is 2.28 bits per heavy atom. The topological polar surface area (TPSA) is 41.6 Å². The zero-order chi connectivity index (χ0) is 13.0. The lowest BCUT2D eigenvalue weighted by molar-refractivity contribution is 0.0940. The Hall–Kier alpha value is -1.55. The van der Waals surface area contributed by atoms with E-state index in [9.17, 15) is 4.79 Å². The molecule has 1 fully saturated rings. The van der Waals surface area contributed by atoms with Crippen LogP contribution in [0.1, 0.15) is 23.2 Å². The molecule has 1 aliphatic rings. The minimum Gasteiger partial charge on any atom is -0.496 e. The van der Waals surface area contributed by atoms with Gasteiger partial charge in [0.25, 0.3) is 5.91 Å². The highest BCUT2D eigenvalue weighted by molar-refractivity contribution is 5.96. The van der Waals surface area contributed by atoms with Crippen LogP contribution in [-0.4, -0.2) is 44.1 Å². The molecule has 2 rings (SSSR count). The number of amides is 1. The van der Waals surface area contributed by atoms with Crippen molar-refractivity contribution in [3.05, 3.63) is 29.8 Å². The van der Waals surface area contributed by atoms with Gasteiger partial charge in [-0.3, -0.25) is 4.79 Å². The largest absolute Gasteiger partial charge is 0.496 e. The number of likely N-dealkylation sites (N-methyl/N-ethyl adjacent to an activating group) is 1. The molecule has 1 aliphatic heterocycles. The fraction of sp³-hybridized carbons (Fsp3) is 0.500. The lowest BCUT2D eigenvalue weighted by Gasteiger charge is -2.19. The quantitative estimate of drug-likeness (QED) is 0.878. The lowest BCUT2D eigenvalue weighted by atomic mass is 10.1. The minimum atomic E-state index is -0.0623. The van der Waals surface area contributed by atoms with E-state index in [0.717, 1.165) is 13.0 Å². The summed E-state index contributed by atoms with van der Waals surface area (Å²) in [5, 5.41) is 2.99. The van der Waals surface area contributed by atoms with Crippen molar-refractivity contribution in [1.82, 2.24) is 10.2 Å². The highest BCUT2D eigenvalue weighted by atomic mass is 16.5. The molecule has 4 heteroatoms. The molecule has 98 valence electrons. The van der Waals surface area contributed by atoms with Crippen molar-refractivity contribution in [2.45, 2.75) is 18.9 Å². The van der Waals surface area contributed by atoms with Crippen LogP contribution in [-0.2, 0) is 0 Å². The zero-order valence-corrected chi connectivity index (χ0v) is 11.0. The summed E-state index contributed by atoms with van der Waals surface area (Å²) in [5.74, 6) is 0.558. The predicted molar refractivity (Wildman–Crippen MR) is 71.0 cm³/mol. The number of carbonyl (C=O) groups excluding carboxylic acids is 1. The number of hydrogen-bond donors (Lipinski definition) is 1. The molecule has 1 saturated heterocycles. The molecule has 0 spiro atoms. The van der Waals surface area contributed by atoms with Crippen molar-refractivity contribution in [2.75, 3.05) is 27.2 Å². The first-order valence-electron chi connectivity index (χ1n) is 6.34. The van der Waals surface area contributed by atoms with Crippen LogP contribution in [0.5, 0.6) is 5.75 Å². The first kappa shape index (κ1) is 12.9. The van der Waals surface area contributed by atoms with Crippen LogP contribution in [0.3, 0.4) is 0 Å². The average Bonchev–Trinajstić information content (AvgIpc) is 2.81. The Morgan fingerprint density at radius 3 is 2.94 bits per heavy atom. The number of nitrogens with one attached hydrogen (secondary N) is 1. The van der Waals surface area contributed by atoms with Gasteiger partial charge in [-0.05, 0) is 38.6 Å². The van der Waals surface area contributed by atoms with Gasteiger partial charge < -0.3 is 15.0 Å². The van der Waals surface area contributed by atoms with Gasteiger partial charge in [-0.1, -0.05) is 12.1 Å². The molecule has 4 nitrogen and oxygen atoms in total. The Balaban J connectivity index is 1.95. The predicted octanol–water partition coefficient (Wildman–Crippen LogP) is 1.52. The second kappa shape index (κ2) is 5.87. The first-order chi connectivity index (χ1) is 8.72. The lowest BCUT2D eigenvalue weighted by Crippen LogP contribution is -2.38. The van der Waals surface area contributed by atoms with Crippen LogP contribution >= 0.6 is 0 Å². The maximum absolute atomic E-state index is 12.1. The van der Waals surface area contributed by atoms with Crippen molar-refractivity contribution < 1.29 is 9.53 Å². The molecule has 1 heterocycles. The Morgan fingerprint density at radius 1 is 1.50 bits per heavy atom. The van der Waals surface area contributed by atoms with E-state index in [1.165, 1.54) is 6.42 Å². The van der Waals surface area contributed by atoms with Crippen molar-refractivity contribution >= 4 is 5.91 Å². The average molecular weight is 248 g/mol. The first-order valence-corrected chi connectivity index (χ1v) is 6.34. The van der Waals surface area contributed by atoms with Crippen molar-refractivity contribution in [3.8, 4) is 5.75 Å². The van der Waals surface area contributed by atoms with Crippen molar-refractivity contribution in [2.24, 2.45) is 0 Å². The number of para-hydroxylation sites is 1. The fourth-order valence-electron chi connectivity index (χ4n) is 2.38. The van der Waals surface area contributed by atoms with Crippen LogP contribution in [0, 0.1) is 0 Å². The molecule has 0 aliphatic carbocycles. The van der Waals surface area contributed by atoms with Gasteiger partial charge in [0.2, 0.25) is 0 Å². The van der Waals surface area contributed by atoms with Gasteiger partial charge in [0.05, 0.1) is 12.7 Å². The van der Waals surface area contributed by atoms with Crippen molar-refractivity contribution in [3.63, 3.8) is 0 Å². The number of benzene rings is 1. The number of ether oxygens (including phenoxy) is 1. The molecule has 18 heavy (non-hydrogen) atoms. The molecular weight excluding hydrogens is 228 g/mol. The van der Waals surface area contributed by atoms with Crippen molar-refractivity contribution in [1.29, 1.82) is 0 Å². The Labute approximate surface area is 108 Å². The number of methoxy groups -OCH3 is 1. The summed E-state index contributed by atoms with van der Waals surface area (Å²) < 4.78 is 5.19. The van der Waals surface area contributed by atoms with Crippen LogP contribution in [0.15, 0.2) is 24.3 Å². The molecule has 1 atom stereocenters. The second-order valence-corrected chi connectivity index (χ2v) is 4.69. The third kappa shape index (κ3) is 2.82. The number of nitrogens with zero attached hydrogens (tertiary/aromatic N) is 1. The zero-order valence-electron chi connectivity index (χ0n) is 11.0. The van der Waals surface area contributed by atoms with Crippen LogP contribution < -0.4 is 10.1 Å². The second-order valence-electron chi connectivity index (χ2n) is 4.69. The maximum Gasteiger partial charge on any atom is 0.255 e. The van der Waals surface area contributed by atoms with Gasteiger partial charge in [-0.25, -0.2) is 0 Å². The summed E-state index contributed by atoms with van der Waals surface area (Å²) in [4.78, 5) is 14.4. The fourth-order valence-corrected chi connectivity index (χ4v) is 2.38. The van der Waals surface area contributed by atoms with Gasteiger partial charge in [-0.2, -0.15) is 0 Å². The van der Waals surface area contributed by atoms with Crippen LogP contribution in [0.25, 0.3) is 0 Å². The minimum absolute atomic E-state index is 0.0623. The number of hydrogen-bond acceptors (Lipinski definition) is 3.